The van der Waals surface area contributed by atoms with Crippen molar-refractivity contribution in [3.63, 3.8) is 0 Å². The molecule has 0 aliphatic heterocycles. The number of hydrogen-bond acceptors (Lipinski definition) is 5. The minimum absolute atomic E-state index is 0.223. The normalized spacial score (nSPS) is 11.2. The Morgan fingerprint density at radius 2 is 1.03 bits per heavy atom. The number of quaternary nitrogens is 1. The summed E-state index contributed by atoms with van der Waals surface area (Å²) in [7, 11) is 4.36. The molecule has 0 aromatic rings. The van der Waals surface area contributed by atoms with Crippen LogP contribution >= 0.6 is 0 Å². The molecule has 176 valence electrons. The van der Waals surface area contributed by atoms with Gasteiger partial charge in [-0.3, -0.25) is 4.59 Å². The Bertz CT molecular complexity index is 338. The fourth-order valence-corrected chi connectivity index (χ4v) is 3.49. The maximum absolute atomic E-state index is 8.87. The Balaban J connectivity index is 0. The molecule has 7 heteroatoms. The molecule has 7 nitrogen and oxygen atoms in total. The first-order valence-corrected chi connectivity index (χ1v) is 11.9. The van der Waals surface area contributed by atoms with Crippen molar-refractivity contribution in [2.45, 2.75) is 110 Å². The first kappa shape index (κ1) is 30.3. The van der Waals surface area contributed by atoms with Crippen LogP contribution in [0.5, 0.6) is 0 Å². The van der Waals surface area contributed by atoms with Crippen molar-refractivity contribution < 1.29 is 14.8 Å². The van der Waals surface area contributed by atoms with Gasteiger partial charge in [-0.25, -0.2) is 0 Å². The number of aliphatic hydroxyl groups is 1. The summed E-state index contributed by atoms with van der Waals surface area (Å²) in [4.78, 5) is 8.25. The van der Waals surface area contributed by atoms with Gasteiger partial charge in [-0.15, -0.1) is 0 Å². The summed E-state index contributed by atoms with van der Waals surface area (Å²) >= 11 is 0. The third-order valence-corrected chi connectivity index (χ3v) is 5.22. The predicted octanol–water partition coefficient (Wildman–Crippen LogP) is 5.58. The third kappa shape index (κ3) is 32.0. The van der Waals surface area contributed by atoms with E-state index in [2.05, 4.69) is 26.4 Å². The molecule has 0 unspecified atom stereocenters. The van der Waals surface area contributed by atoms with Crippen LogP contribution in [0.3, 0.4) is 0 Å². The summed E-state index contributed by atoms with van der Waals surface area (Å²) in [6.45, 7) is 4.35. The SMILES string of the molecule is CCCCCCCCCCCCCCCCCC[N+](C)(C)NCCO.O=[N+]([O-])[O-]. The number of rotatable bonds is 20. The standard InChI is InChI=1S/C22H49N2O.NO3/c1-4-5-6-7-8-9-10-11-12-13-14-15-16-17-18-19-21-24(2,3)23-20-22-25;2-1(3)4/h23,25H,4-22H2,1-3H3;/q+1;-1. The van der Waals surface area contributed by atoms with Crippen LogP contribution in [0, 0.1) is 15.3 Å². The summed E-state index contributed by atoms with van der Waals surface area (Å²) in [5.74, 6) is 0. The lowest BCUT2D eigenvalue weighted by Crippen LogP contribution is -2.53. The fourth-order valence-electron chi connectivity index (χ4n) is 3.49. The second-order valence-corrected chi connectivity index (χ2v) is 8.57. The average molecular weight is 420 g/mol. The number of nitrogens with zero attached hydrogens (tertiary/aromatic N) is 2. The Hall–Kier alpha value is -0.920. The second-order valence-electron chi connectivity index (χ2n) is 8.57. The van der Waals surface area contributed by atoms with Gasteiger partial charge < -0.3 is 20.4 Å². The van der Waals surface area contributed by atoms with Crippen LogP contribution in [0.4, 0.5) is 0 Å². The van der Waals surface area contributed by atoms with Crippen LogP contribution < -0.4 is 5.43 Å². The van der Waals surface area contributed by atoms with Crippen molar-refractivity contribution in [3.05, 3.63) is 15.3 Å². The highest BCUT2D eigenvalue weighted by molar-refractivity contribution is 4.50. The van der Waals surface area contributed by atoms with E-state index in [0.717, 1.165) is 11.1 Å². The Kier molecular flexibility index (Phi) is 24.4. The molecule has 0 fully saturated rings. The molecule has 0 aromatic heterocycles. The highest BCUT2D eigenvalue weighted by Crippen LogP contribution is 2.13. The van der Waals surface area contributed by atoms with E-state index in [1.165, 1.54) is 103 Å². The molecule has 0 saturated heterocycles. The van der Waals surface area contributed by atoms with Gasteiger partial charge in [0.2, 0.25) is 0 Å². The van der Waals surface area contributed by atoms with E-state index in [-0.39, 0.29) is 6.61 Å². The molecule has 0 saturated carbocycles. The molecule has 0 atom stereocenters. The topological polar surface area (TPSA) is 98.5 Å². The molecule has 0 spiro atoms. The van der Waals surface area contributed by atoms with Gasteiger partial charge in [0.05, 0.1) is 38.9 Å². The molecule has 0 aliphatic carbocycles. The summed E-state index contributed by atoms with van der Waals surface area (Å²) in [5.41, 5.74) is 3.35. The zero-order valence-corrected chi connectivity index (χ0v) is 19.5. The zero-order chi connectivity index (χ0) is 22.2. The monoisotopic (exact) mass is 419 g/mol. The first-order valence-electron chi connectivity index (χ1n) is 11.9. The lowest BCUT2D eigenvalue weighted by molar-refractivity contribution is -0.934. The summed E-state index contributed by atoms with van der Waals surface area (Å²) in [5, 5.41) is 23.6. The maximum atomic E-state index is 8.87. The fraction of sp³-hybridized carbons (Fsp3) is 1.00. The van der Waals surface area contributed by atoms with E-state index < -0.39 is 5.09 Å². The Morgan fingerprint density at radius 1 is 0.724 bits per heavy atom. The van der Waals surface area contributed by atoms with Crippen molar-refractivity contribution in [2.75, 3.05) is 33.8 Å². The largest absolute Gasteiger partial charge is 0.395 e. The molecular formula is C22H49N3O4. The van der Waals surface area contributed by atoms with Crippen molar-refractivity contribution >= 4 is 0 Å². The van der Waals surface area contributed by atoms with Gasteiger partial charge in [0, 0.05) is 0 Å². The minimum Gasteiger partial charge on any atom is -0.395 e. The van der Waals surface area contributed by atoms with E-state index in [9.17, 15) is 0 Å². The molecule has 0 rings (SSSR count). The summed E-state index contributed by atoms with van der Waals surface area (Å²) in [6.07, 6.45) is 22.8. The van der Waals surface area contributed by atoms with Crippen molar-refractivity contribution in [3.8, 4) is 0 Å². The van der Waals surface area contributed by atoms with Crippen LogP contribution in [0.15, 0.2) is 0 Å². The van der Waals surface area contributed by atoms with Gasteiger partial charge in [0.15, 0.2) is 0 Å². The quantitative estimate of drug-likeness (QED) is 0.116. The molecule has 0 heterocycles. The van der Waals surface area contributed by atoms with E-state index in [1.807, 2.05) is 0 Å². The summed E-state index contributed by atoms with van der Waals surface area (Å²) in [6, 6.07) is 0. The molecule has 0 aromatic carbocycles. The highest BCUT2D eigenvalue weighted by atomic mass is 16.9. The molecular weight excluding hydrogens is 370 g/mol. The van der Waals surface area contributed by atoms with E-state index in [4.69, 9.17) is 20.4 Å². The molecule has 0 aliphatic rings. The molecule has 29 heavy (non-hydrogen) atoms. The first-order chi connectivity index (χ1) is 13.9. The second kappa shape index (κ2) is 23.4. The van der Waals surface area contributed by atoms with Gasteiger partial charge >= 0.3 is 0 Å². The molecule has 0 amide bonds. The van der Waals surface area contributed by atoms with Gasteiger partial charge in [0.1, 0.15) is 0 Å². The third-order valence-electron chi connectivity index (χ3n) is 5.22. The Labute approximate surface area is 179 Å². The van der Waals surface area contributed by atoms with Crippen molar-refractivity contribution in [1.29, 1.82) is 0 Å². The lowest BCUT2D eigenvalue weighted by Gasteiger charge is -2.29. The van der Waals surface area contributed by atoms with Gasteiger partial charge in [-0.2, -0.15) is 5.43 Å². The number of hydrogen-bond donors (Lipinski definition) is 2. The van der Waals surface area contributed by atoms with E-state index in [1.54, 1.807) is 0 Å². The predicted molar refractivity (Wildman–Crippen MR) is 122 cm³/mol. The molecule has 2 N–H and O–H groups in total. The Morgan fingerprint density at radius 3 is 1.34 bits per heavy atom. The number of unbranched alkanes of at least 4 members (excludes halogenated alkanes) is 15. The lowest BCUT2D eigenvalue weighted by atomic mass is 10.0. The maximum Gasteiger partial charge on any atom is 0.0957 e. The van der Waals surface area contributed by atoms with Crippen LogP contribution in [-0.4, -0.2) is 48.6 Å². The van der Waals surface area contributed by atoms with Crippen LogP contribution in [0.25, 0.3) is 0 Å². The van der Waals surface area contributed by atoms with Gasteiger partial charge in [0.25, 0.3) is 0 Å². The average Bonchev–Trinajstić information content (AvgIpc) is 2.65. The van der Waals surface area contributed by atoms with E-state index in [0.29, 0.717) is 6.54 Å². The minimum atomic E-state index is -1.75. The van der Waals surface area contributed by atoms with Crippen molar-refractivity contribution in [1.82, 2.24) is 5.43 Å². The zero-order valence-electron chi connectivity index (χ0n) is 19.5. The van der Waals surface area contributed by atoms with Gasteiger partial charge in [-0.1, -0.05) is 96.8 Å². The smallest absolute Gasteiger partial charge is 0.0957 e. The number of nitrogens with one attached hydrogen (secondary N) is 1. The summed E-state index contributed by atoms with van der Waals surface area (Å²) < 4.78 is 0.819. The van der Waals surface area contributed by atoms with Gasteiger partial charge in [-0.05, 0) is 12.8 Å². The highest BCUT2D eigenvalue weighted by Gasteiger charge is 2.12. The van der Waals surface area contributed by atoms with Crippen LogP contribution in [0.2, 0.25) is 0 Å². The van der Waals surface area contributed by atoms with Crippen LogP contribution in [-0.2, 0) is 0 Å². The van der Waals surface area contributed by atoms with E-state index >= 15 is 0 Å². The molecule has 0 bridgehead atoms. The van der Waals surface area contributed by atoms with Crippen LogP contribution in [0.1, 0.15) is 110 Å². The molecule has 0 radical (unpaired) electrons. The number of aliphatic hydroxyl groups excluding tert-OH is 1. The van der Waals surface area contributed by atoms with Crippen molar-refractivity contribution in [2.24, 2.45) is 0 Å².